The SMILES string of the molecule is CC1=NN(C(=O)c2ccccc2)C(=O)/C1=C/c1cc(Br)ccc1OCc1ccc(C)cc1. The Hall–Kier alpha value is -3.51. The lowest BCUT2D eigenvalue weighted by molar-refractivity contribution is -0.123. The molecule has 0 N–H and O–H groups in total. The molecule has 1 aliphatic heterocycles. The zero-order valence-electron chi connectivity index (χ0n) is 17.7. The number of nitrogens with zero attached hydrogens (tertiary/aromatic N) is 2. The van der Waals surface area contributed by atoms with Crippen molar-refractivity contribution in [2.75, 3.05) is 0 Å². The number of benzene rings is 3. The second-order valence-corrected chi connectivity index (χ2v) is 8.40. The molecule has 0 atom stereocenters. The van der Waals surface area contributed by atoms with Crippen LogP contribution in [0.15, 0.2) is 87.9 Å². The number of carbonyl (C=O) groups excluding carboxylic acids is 2. The van der Waals surface area contributed by atoms with Gasteiger partial charge in [0.05, 0.1) is 11.3 Å². The first kappa shape index (κ1) is 21.7. The fraction of sp³-hybridized carbons (Fsp3) is 0.115. The van der Waals surface area contributed by atoms with Gasteiger partial charge in [-0.25, -0.2) is 0 Å². The van der Waals surface area contributed by atoms with E-state index in [-0.39, 0.29) is 0 Å². The van der Waals surface area contributed by atoms with Gasteiger partial charge in [0, 0.05) is 15.6 Å². The van der Waals surface area contributed by atoms with E-state index < -0.39 is 11.8 Å². The Morgan fingerprint density at radius 1 is 1.03 bits per heavy atom. The second kappa shape index (κ2) is 9.32. The predicted molar refractivity (Wildman–Crippen MR) is 128 cm³/mol. The van der Waals surface area contributed by atoms with E-state index in [1.165, 1.54) is 5.56 Å². The largest absolute Gasteiger partial charge is 0.488 e. The average molecular weight is 489 g/mol. The smallest absolute Gasteiger partial charge is 0.283 e. The van der Waals surface area contributed by atoms with Crippen LogP contribution in [0.5, 0.6) is 5.75 Å². The van der Waals surface area contributed by atoms with Crippen LogP contribution in [0.25, 0.3) is 6.08 Å². The lowest BCUT2D eigenvalue weighted by atomic mass is 10.1. The summed E-state index contributed by atoms with van der Waals surface area (Å²) in [7, 11) is 0. The van der Waals surface area contributed by atoms with Gasteiger partial charge in [-0.1, -0.05) is 64.0 Å². The zero-order valence-corrected chi connectivity index (χ0v) is 19.3. The lowest BCUT2D eigenvalue weighted by Gasteiger charge is -2.12. The van der Waals surface area contributed by atoms with Crippen LogP contribution in [0.3, 0.4) is 0 Å². The number of hydrogen-bond donors (Lipinski definition) is 0. The molecule has 0 aliphatic carbocycles. The van der Waals surface area contributed by atoms with Crippen LogP contribution in [0, 0.1) is 6.92 Å². The Bertz CT molecular complexity index is 1230. The minimum absolute atomic E-state index is 0.354. The Balaban J connectivity index is 1.59. The Morgan fingerprint density at radius 2 is 1.75 bits per heavy atom. The van der Waals surface area contributed by atoms with Gasteiger partial charge in [-0.2, -0.15) is 10.1 Å². The number of aryl methyl sites for hydroxylation is 1. The maximum atomic E-state index is 13.0. The van der Waals surface area contributed by atoms with Crippen LogP contribution in [-0.4, -0.2) is 22.5 Å². The summed E-state index contributed by atoms with van der Waals surface area (Å²) in [5, 5.41) is 5.13. The van der Waals surface area contributed by atoms with Gasteiger partial charge in [-0.3, -0.25) is 9.59 Å². The van der Waals surface area contributed by atoms with Crippen LogP contribution in [-0.2, 0) is 11.4 Å². The van der Waals surface area contributed by atoms with Gasteiger partial charge in [0.2, 0.25) is 0 Å². The number of ether oxygens (including phenoxy) is 1. The van der Waals surface area contributed by atoms with Gasteiger partial charge in [0.25, 0.3) is 11.8 Å². The van der Waals surface area contributed by atoms with Gasteiger partial charge >= 0.3 is 0 Å². The molecule has 0 aromatic heterocycles. The molecule has 2 amide bonds. The molecule has 0 saturated heterocycles. The van der Waals surface area contributed by atoms with E-state index in [0.29, 0.717) is 29.2 Å². The van der Waals surface area contributed by atoms with Crippen molar-refractivity contribution in [3.05, 3.63) is 105 Å². The number of carbonyl (C=O) groups is 2. The first-order chi connectivity index (χ1) is 15.4. The Kier molecular flexibility index (Phi) is 6.32. The highest BCUT2D eigenvalue weighted by atomic mass is 79.9. The van der Waals surface area contributed by atoms with Crippen LogP contribution in [0.4, 0.5) is 0 Å². The summed E-state index contributed by atoms with van der Waals surface area (Å²) in [5.74, 6) is -0.279. The van der Waals surface area contributed by atoms with Crippen molar-refractivity contribution in [2.24, 2.45) is 5.10 Å². The lowest BCUT2D eigenvalue weighted by Crippen LogP contribution is -2.29. The molecular formula is C26H21BrN2O3. The summed E-state index contributed by atoms with van der Waals surface area (Å²) in [6.45, 7) is 4.16. The number of rotatable bonds is 5. The quantitative estimate of drug-likeness (QED) is 0.337. The van der Waals surface area contributed by atoms with Crippen molar-refractivity contribution in [3.63, 3.8) is 0 Å². The van der Waals surface area contributed by atoms with E-state index in [9.17, 15) is 9.59 Å². The summed E-state index contributed by atoms with van der Waals surface area (Å²) >= 11 is 3.48. The molecule has 0 bridgehead atoms. The molecule has 0 unspecified atom stereocenters. The normalized spacial score (nSPS) is 14.6. The molecule has 5 nitrogen and oxygen atoms in total. The highest BCUT2D eigenvalue weighted by Gasteiger charge is 2.33. The van der Waals surface area contributed by atoms with Crippen molar-refractivity contribution in [2.45, 2.75) is 20.5 Å². The maximum Gasteiger partial charge on any atom is 0.283 e. The van der Waals surface area contributed by atoms with Crippen molar-refractivity contribution in [1.29, 1.82) is 0 Å². The van der Waals surface area contributed by atoms with Gasteiger partial charge in [-0.15, -0.1) is 0 Å². The molecule has 0 saturated carbocycles. The summed E-state index contributed by atoms with van der Waals surface area (Å²) in [6, 6.07) is 22.4. The molecule has 3 aromatic rings. The third-order valence-corrected chi connectivity index (χ3v) is 5.56. The first-order valence-electron chi connectivity index (χ1n) is 10.1. The van der Waals surface area contributed by atoms with Gasteiger partial charge in [-0.05, 0) is 55.8 Å². The highest BCUT2D eigenvalue weighted by molar-refractivity contribution is 9.10. The molecule has 1 heterocycles. The first-order valence-corrected chi connectivity index (χ1v) is 10.9. The fourth-order valence-corrected chi connectivity index (χ4v) is 3.67. The average Bonchev–Trinajstić information content (AvgIpc) is 3.08. The van der Waals surface area contributed by atoms with E-state index >= 15 is 0 Å². The minimum atomic E-state index is -0.458. The Morgan fingerprint density at radius 3 is 2.47 bits per heavy atom. The van der Waals surface area contributed by atoms with Crippen LogP contribution < -0.4 is 4.74 Å². The standard InChI is InChI=1S/C26H21BrN2O3/c1-17-8-10-19(11-9-17)16-32-24-13-12-22(27)14-21(24)15-23-18(2)28-29(26(23)31)25(30)20-6-4-3-5-7-20/h3-15H,16H2,1-2H3/b23-15+. The molecule has 0 fully saturated rings. The van der Waals surface area contributed by atoms with E-state index in [2.05, 4.69) is 21.0 Å². The molecule has 0 spiro atoms. The van der Waals surface area contributed by atoms with Crippen molar-refractivity contribution >= 4 is 39.5 Å². The summed E-state index contributed by atoms with van der Waals surface area (Å²) in [4.78, 5) is 25.8. The number of imide groups is 1. The summed E-state index contributed by atoms with van der Waals surface area (Å²) < 4.78 is 6.90. The number of amides is 2. The molecule has 1 aliphatic rings. The van der Waals surface area contributed by atoms with E-state index in [0.717, 1.165) is 20.6 Å². The van der Waals surface area contributed by atoms with E-state index in [4.69, 9.17) is 4.74 Å². The predicted octanol–water partition coefficient (Wildman–Crippen LogP) is 5.78. The van der Waals surface area contributed by atoms with E-state index in [1.54, 1.807) is 37.3 Å². The van der Waals surface area contributed by atoms with Gasteiger partial charge in [0.1, 0.15) is 12.4 Å². The molecule has 0 radical (unpaired) electrons. The summed E-state index contributed by atoms with van der Waals surface area (Å²) in [5.41, 5.74) is 4.19. The monoisotopic (exact) mass is 488 g/mol. The van der Waals surface area contributed by atoms with Crippen LogP contribution in [0.2, 0.25) is 0 Å². The molecule has 4 rings (SSSR count). The second-order valence-electron chi connectivity index (χ2n) is 7.49. The van der Waals surface area contributed by atoms with Gasteiger partial charge < -0.3 is 4.74 Å². The van der Waals surface area contributed by atoms with Crippen molar-refractivity contribution in [1.82, 2.24) is 5.01 Å². The number of hydrogen-bond acceptors (Lipinski definition) is 4. The molecule has 3 aromatic carbocycles. The van der Waals surface area contributed by atoms with E-state index in [1.807, 2.05) is 55.5 Å². The van der Waals surface area contributed by atoms with Crippen molar-refractivity contribution in [3.8, 4) is 5.75 Å². The topological polar surface area (TPSA) is 59.0 Å². The van der Waals surface area contributed by atoms with Crippen LogP contribution >= 0.6 is 15.9 Å². The third-order valence-electron chi connectivity index (χ3n) is 5.06. The summed E-state index contributed by atoms with van der Waals surface area (Å²) in [6.07, 6.45) is 1.72. The Labute approximate surface area is 195 Å². The van der Waals surface area contributed by atoms with Crippen molar-refractivity contribution < 1.29 is 14.3 Å². The minimum Gasteiger partial charge on any atom is -0.488 e. The molecular weight excluding hydrogens is 468 g/mol. The molecule has 32 heavy (non-hydrogen) atoms. The van der Waals surface area contributed by atoms with Gasteiger partial charge in [0.15, 0.2) is 0 Å². The van der Waals surface area contributed by atoms with Crippen LogP contribution in [0.1, 0.15) is 34.0 Å². The fourth-order valence-electron chi connectivity index (χ4n) is 3.29. The highest BCUT2D eigenvalue weighted by Crippen LogP contribution is 2.29. The maximum absolute atomic E-state index is 13.0. The zero-order chi connectivity index (χ0) is 22.7. The number of hydrazone groups is 1. The third kappa shape index (κ3) is 4.70. The molecule has 6 heteroatoms. The number of halogens is 1. The molecule has 160 valence electrons.